The second-order valence-electron chi connectivity index (χ2n) is 5.09. The third-order valence-electron chi connectivity index (χ3n) is 2.90. The van der Waals surface area contributed by atoms with Gasteiger partial charge in [-0.3, -0.25) is 4.79 Å². The van der Waals surface area contributed by atoms with Gasteiger partial charge >= 0.3 is 0 Å². The summed E-state index contributed by atoms with van der Waals surface area (Å²) in [7, 11) is 1.64. The smallest absolute Gasteiger partial charge is 0.236 e. The molecule has 1 aromatic rings. The molecule has 0 fully saturated rings. The lowest BCUT2D eigenvalue weighted by Crippen LogP contribution is -2.43. The van der Waals surface area contributed by atoms with E-state index in [1.165, 1.54) is 0 Å². The lowest BCUT2D eigenvalue weighted by Gasteiger charge is -2.19. The molecule has 1 unspecified atom stereocenters. The number of hydrogen-bond acceptors (Lipinski definition) is 3. The van der Waals surface area contributed by atoms with Gasteiger partial charge in [-0.1, -0.05) is 13.8 Å². The first-order chi connectivity index (χ1) is 9.35. The summed E-state index contributed by atoms with van der Waals surface area (Å²) >= 11 is 6.60. The number of phenolic OH excluding ortho intramolecular Hbond substituents is 1. The van der Waals surface area contributed by atoms with E-state index in [-0.39, 0.29) is 17.7 Å². The molecule has 112 valence electrons. The summed E-state index contributed by atoms with van der Waals surface area (Å²) in [5.74, 6) is 0.609. The first kappa shape index (κ1) is 17.5. The summed E-state index contributed by atoms with van der Waals surface area (Å²) in [5, 5.41) is 15.6. The molecule has 0 saturated carbocycles. The number of phenols is 1. The predicted octanol–water partition coefficient (Wildman–Crippen LogP) is 3.17. The van der Waals surface area contributed by atoms with Crippen molar-refractivity contribution in [3.05, 3.63) is 26.6 Å². The van der Waals surface area contributed by atoms with E-state index in [1.54, 1.807) is 7.05 Å². The maximum Gasteiger partial charge on any atom is 0.236 e. The highest BCUT2D eigenvalue weighted by Gasteiger charge is 2.18. The molecule has 1 aromatic carbocycles. The van der Waals surface area contributed by atoms with Crippen molar-refractivity contribution in [3.63, 3.8) is 0 Å². The van der Waals surface area contributed by atoms with E-state index in [1.807, 2.05) is 12.1 Å². The second kappa shape index (κ2) is 8.00. The molecule has 0 aliphatic carbocycles. The first-order valence-electron chi connectivity index (χ1n) is 6.47. The van der Waals surface area contributed by atoms with Gasteiger partial charge in [0.15, 0.2) is 0 Å². The van der Waals surface area contributed by atoms with Gasteiger partial charge in [-0.25, -0.2) is 0 Å². The van der Waals surface area contributed by atoms with Crippen LogP contribution in [0.5, 0.6) is 5.75 Å². The van der Waals surface area contributed by atoms with Crippen LogP contribution in [0.3, 0.4) is 0 Å². The summed E-state index contributed by atoms with van der Waals surface area (Å²) in [6.45, 7) is 4.74. The monoisotopic (exact) mass is 406 g/mol. The predicted molar refractivity (Wildman–Crippen MR) is 87.7 cm³/mol. The third-order valence-corrected chi connectivity index (χ3v) is 4.11. The zero-order valence-corrected chi connectivity index (χ0v) is 15.0. The van der Waals surface area contributed by atoms with Crippen molar-refractivity contribution in [2.24, 2.45) is 5.92 Å². The number of amides is 1. The molecule has 0 spiro atoms. The average molecular weight is 408 g/mol. The Morgan fingerprint density at radius 3 is 2.30 bits per heavy atom. The van der Waals surface area contributed by atoms with Gasteiger partial charge in [0, 0.05) is 13.6 Å². The fraction of sp³-hybridized carbons (Fsp3) is 0.500. The van der Waals surface area contributed by atoms with Crippen molar-refractivity contribution in [1.82, 2.24) is 10.6 Å². The minimum absolute atomic E-state index is 0.00407. The van der Waals surface area contributed by atoms with E-state index >= 15 is 0 Å². The fourth-order valence-corrected chi connectivity index (χ4v) is 3.17. The number of benzene rings is 1. The second-order valence-corrected chi connectivity index (χ2v) is 6.79. The molecule has 4 nitrogen and oxygen atoms in total. The molecule has 0 aliphatic heterocycles. The summed E-state index contributed by atoms with van der Waals surface area (Å²) < 4.78 is 1.26. The van der Waals surface area contributed by atoms with Gasteiger partial charge in [0.25, 0.3) is 0 Å². The molecule has 0 heterocycles. The molecule has 0 aliphatic rings. The summed E-state index contributed by atoms with van der Waals surface area (Å²) in [6, 6.07) is 3.46. The summed E-state index contributed by atoms with van der Waals surface area (Å²) in [6.07, 6.45) is 0.778. The Morgan fingerprint density at radius 2 is 1.85 bits per heavy atom. The Hall–Kier alpha value is -0.590. The molecule has 0 bridgehead atoms. The molecule has 0 saturated heterocycles. The largest absolute Gasteiger partial charge is 0.506 e. The molecule has 1 rings (SSSR count). The van der Waals surface area contributed by atoms with Gasteiger partial charge in [-0.05, 0) is 61.9 Å². The van der Waals surface area contributed by atoms with Crippen molar-refractivity contribution in [2.75, 3.05) is 7.05 Å². The summed E-state index contributed by atoms with van der Waals surface area (Å²) in [4.78, 5) is 11.8. The maximum absolute atomic E-state index is 11.8. The number of hydrogen-bond donors (Lipinski definition) is 3. The Labute approximate surface area is 136 Å². The van der Waals surface area contributed by atoms with E-state index in [0.29, 0.717) is 21.4 Å². The molecule has 0 radical (unpaired) electrons. The molecule has 1 atom stereocenters. The highest BCUT2D eigenvalue weighted by atomic mass is 79.9. The minimum atomic E-state index is -0.216. The van der Waals surface area contributed by atoms with Crippen LogP contribution in [0, 0.1) is 5.92 Å². The van der Waals surface area contributed by atoms with Gasteiger partial charge in [0.1, 0.15) is 5.75 Å². The van der Waals surface area contributed by atoms with Gasteiger partial charge in [-0.2, -0.15) is 0 Å². The molecule has 1 amide bonds. The average Bonchev–Trinajstić information content (AvgIpc) is 2.39. The Kier molecular flexibility index (Phi) is 6.99. The molecule has 20 heavy (non-hydrogen) atoms. The highest BCUT2D eigenvalue weighted by Crippen LogP contribution is 2.33. The van der Waals surface area contributed by atoms with Gasteiger partial charge in [-0.15, -0.1) is 0 Å². The zero-order chi connectivity index (χ0) is 15.3. The van der Waals surface area contributed by atoms with E-state index in [4.69, 9.17) is 0 Å². The van der Waals surface area contributed by atoms with Crippen LogP contribution in [-0.4, -0.2) is 24.1 Å². The Balaban J connectivity index is 2.74. The van der Waals surface area contributed by atoms with E-state index in [2.05, 4.69) is 56.3 Å². The molecular weight excluding hydrogens is 388 g/mol. The standard InChI is InChI=1S/C14H20Br2N2O2/c1-8(2)4-12(14(20)17-3)18-7-9-5-10(15)13(19)11(16)6-9/h5-6,8,12,18-19H,4,7H2,1-3H3,(H,17,20). The third kappa shape index (κ3) is 5.07. The van der Waals surface area contributed by atoms with Crippen LogP contribution in [0.4, 0.5) is 0 Å². The van der Waals surface area contributed by atoms with E-state index in [9.17, 15) is 9.90 Å². The SMILES string of the molecule is CNC(=O)C(CC(C)C)NCc1cc(Br)c(O)c(Br)c1. The Morgan fingerprint density at radius 1 is 1.30 bits per heavy atom. The number of aromatic hydroxyl groups is 1. The van der Waals surface area contributed by atoms with Crippen LogP contribution in [0.15, 0.2) is 21.1 Å². The van der Waals surface area contributed by atoms with Crippen LogP contribution >= 0.6 is 31.9 Å². The topological polar surface area (TPSA) is 61.4 Å². The lowest BCUT2D eigenvalue weighted by molar-refractivity contribution is -0.123. The minimum Gasteiger partial charge on any atom is -0.506 e. The van der Waals surface area contributed by atoms with E-state index < -0.39 is 0 Å². The summed E-state index contributed by atoms with van der Waals surface area (Å²) in [5.41, 5.74) is 0.985. The van der Waals surface area contributed by atoms with Crippen LogP contribution in [0.2, 0.25) is 0 Å². The fourth-order valence-electron chi connectivity index (χ4n) is 1.89. The molecule has 6 heteroatoms. The number of rotatable bonds is 6. The van der Waals surface area contributed by atoms with Crippen LogP contribution in [0.25, 0.3) is 0 Å². The normalized spacial score (nSPS) is 12.5. The van der Waals surface area contributed by atoms with Gasteiger partial charge in [0.2, 0.25) is 5.91 Å². The highest BCUT2D eigenvalue weighted by molar-refractivity contribution is 9.11. The van der Waals surface area contributed by atoms with Crippen molar-refractivity contribution in [2.45, 2.75) is 32.9 Å². The maximum atomic E-state index is 11.8. The van der Waals surface area contributed by atoms with Crippen molar-refractivity contribution in [3.8, 4) is 5.75 Å². The van der Waals surface area contributed by atoms with Gasteiger partial charge < -0.3 is 15.7 Å². The van der Waals surface area contributed by atoms with Crippen molar-refractivity contribution in [1.29, 1.82) is 0 Å². The number of nitrogens with one attached hydrogen (secondary N) is 2. The number of likely N-dealkylation sites (N-methyl/N-ethyl adjacent to an activating group) is 1. The molecule has 0 aromatic heterocycles. The van der Waals surface area contributed by atoms with Crippen LogP contribution < -0.4 is 10.6 Å². The van der Waals surface area contributed by atoms with Gasteiger partial charge in [0.05, 0.1) is 15.0 Å². The first-order valence-corrected chi connectivity index (χ1v) is 8.05. The Bertz CT molecular complexity index is 455. The van der Waals surface area contributed by atoms with Crippen molar-refractivity contribution < 1.29 is 9.90 Å². The number of carbonyl (C=O) groups is 1. The number of halogens is 2. The molecule has 3 N–H and O–H groups in total. The lowest BCUT2D eigenvalue weighted by atomic mass is 10.0. The number of carbonyl (C=O) groups excluding carboxylic acids is 1. The van der Waals surface area contributed by atoms with Crippen LogP contribution in [0.1, 0.15) is 25.8 Å². The zero-order valence-electron chi connectivity index (χ0n) is 11.8. The molecular formula is C14H20Br2N2O2. The van der Waals surface area contributed by atoms with E-state index in [0.717, 1.165) is 12.0 Å². The van der Waals surface area contributed by atoms with Crippen LogP contribution in [-0.2, 0) is 11.3 Å². The quantitative estimate of drug-likeness (QED) is 0.678. The van der Waals surface area contributed by atoms with Crippen molar-refractivity contribution >= 4 is 37.8 Å².